The number of nitrogens with one attached hydrogen (secondary N) is 1. The standard InChI is InChI=1S/C23H24F5N6O2P/c24-22(25)12-34(16-3-2-14-18(23(26,27)28)20(35)31-30-19(14)16)10-15(22)21(36)33-7-5-32(6-8-33)17-4-1-13(11-37)9-29-17/h1,4,9,11,15-16,37H,2-3,5-8,10,12H2,(H,31,35). The highest BCUT2D eigenvalue weighted by Gasteiger charge is 2.55. The number of carbonyl (C=O) groups excluding carboxylic acids is 1. The van der Waals surface area contributed by atoms with Gasteiger partial charge in [-0.25, -0.2) is 18.9 Å². The number of alkyl halides is 5. The number of aromatic nitrogens is 3. The van der Waals surface area contributed by atoms with Crippen molar-refractivity contribution in [3.05, 3.63) is 51.1 Å². The fourth-order valence-electron chi connectivity index (χ4n) is 5.46. The monoisotopic (exact) mass is 542 g/mol. The van der Waals surface area contributed by atoms with Crippen molar-refractivity contribution in [2.75, 3.05) is 44.2 Å². The van der Waals surface area contributed by atoms with Crippen LogP contribution in [0, 0.1) is 5.92 Å². The minimum atomic E-state index is -4.88. The molecule has 37 heavy (non-hydrogen) atoms. The third kappa shape index (κ3) is 4.74. The molecule has 198 valence electrons. The summed E-state index contributed by atoms with van der Waals surface area (Å²) in [6.07, 6.45) is -3.18. The van der Waals surface area contributed by atoms with Crippen LogP contribution in [-0.4, -0.2) is 81.9 Å². The molecule has 2 saturated heterocycles. The summed E-state index contributed by atoms with van der Waals surface area (Å²) in [6.45, 7) is 0.309. The van der Waals surface area contributed by atoms with Crippen LogP contribution in [0.3, 0.4) is 0 Å². The first-order valence-electron chi connectivity index (χ1n) is 11.8. The maximum atomic E-state index is 15.1. The normalized spacial score (nSPS) is 23.8. The van der Waals surface area contributed by atoms with Crippen LogP contribution in [0.1, 0.15) is 34.8 Å². The predicted molar refractivity (Wildman–Crippen MR) is 127 cm³/mol. The predicted octanol–water partition coefficient (Wildman–Crippen LogP) is 2.38. The number of halogens is 5. The summed E-state index contributed by atoms with van der Waals surface area (Å²) in [4.78, 5) is 34.0. The highest BCUT2D eigenvalue weighted by Crippen LogP contribution is 2.44. The summed E-state index contributed by atoms with van der Waals surface area (Å²) < 4.78 is 70.4. The second kappa shape index (κ2) is 9.43. The molecule has 2 fully saturated rings. The van der Waals surface area contributed by atoms with Crippen LogP contribution in [0.2, 0.25) is 0 Å². The molecule has 0 saturated carbocycles. The smallest absolute Gasteiger partial charge is 0.353 e. The Morgan fingerprint density at radius 3 is 2.54 bits per heavy atom. The van der Waals surface area contributed by atoms with E-state index in [9.17, 15) is 22.8 Å². The minimum Gasteiger partial charge on any atom is -0.353 e. The maximum absolute atomic E-state index is 15.1. The Labute approximate surface area is 210 Å². The molecule has 2 aromatic heterocycles. The van der Waals surface area contributed by atoms with Gasteiger partial charge in [0.25, 0.3) is 11.5 Å². The Balaban J connectivity index is 1.27. The molecule has 2 unspecified atom stereocenters. The summed E-state index contributed by atoms with van der Waals surface area (Å²) in [5.41, 5.74) is -2.10. The van der Waals surface area contributed by atoms with E-state index in [4.69, 9.17) is 0 Å². The van der Waals surface area contributed by atoms with Crippen molar-refractivity contribution in [1.82, 2.24) is 25.0 Å². The van der Waals surface area contributed by atoms with Gasteiger partial charge in [0, 0.05) is 38.9 Å². The number of rotatable bonds is 4. The number of nitrogens with zero attached hydrogens (tertiary/aromatic N) is 5. The van der Waals surface area contributed by atoms with Crippen molar-refractivity contribution >= 4 is 26.4 Å². The van der Waals surface area contributed by atoms with Gasteiger partial charge in [0.1, 0.15) is 17.3 Å². The first kappa shape index (κ1) is 25.7. The molecule has 4 heterocycles. The molecule has 1 amide bonds. The minimum absolute atomic E-state index is 0.0552. The molecule has 14 heteroatoms. The number of likely N-dealkylation sites (tertiary alicyclic amines) is 1. The van der Waals surface area contributed by atoms with E-state index in [2.05, 4.69) is 18.9 Å². The van der Waals surface area contributed by atoms with Gasteiger partial charge in [-0.1, -0.05) is 0 Å². The van der Waals surface area contributed by atoms with Crippen LogP contribution in [0.5, 0.6) is 0 Å². The number of pyridine rings is 1. The van der Waals surface area contributed by atoms with Crippen LogP contribution in [0.15, 0.2) is 23.1 Å². The van der Waals surface area contributed by atoms with Crippen LogP contribution in [0.25, 0.3) is 0 Å². The number of hydrogen-bond acceptors (Lipinski definition) is 6. The molecule has 5 rings (SSSR count). The molecule has 0 radical (unpaired) electrons. The molecule has 2 aliphatic heterocycles. The molecule has 2 aromatic rings. The van der Waals surface area contributed by atoms with Gasteiger partial charge in [-0.05, 0) is 41.9 Å². The highest BCUT2D eigenvalue weighted by atomic mass is 31.0. The molecule has 1 N–H and O–H groups in total. The topological polar surface area (TPSA) is 85.4 Å². The quantitative estimate of drug-likeness (QED) is 0.472. The Bertz CT molecular complexity index is 1260. The average Bonchev–Trinajstić information content (AvgIpc) is 3.42. The Hall–Kier alpha value is -2.92. The van der Waals surface area contributed by atoms with Crippen molar-refractivity contribution in [3.63, 3.8) is 0 Å². The second-order valence-electron chi connectivity index (χ2n) is 9.49. The van der Waals surface area contributed by atoms with Gasteiger partial charge < -0.3 is 9.80 Å². The van der Waals surface area contributed by atoms with E-state index in [-0.39, 0.29) is 43.7 Å². The second-order valence-corrected chi connectivity index (χ2v) is 9.78. The van der Waals surface area contributed by atoms with E-state index in [0.29, 0.717) is 13.1 Å². The van der Waals surface area contributed by atoms with Gasteiger partial charge in [-0.2, -0.15) is 18.3 Å². The van der Waals surface area contributed by atoms with E-state index in [1.807, 2.05) is 22.1 Å². The van der Waals surface area contributed by atoms with Crippen molar-refractivity contribution in [2.24, 2.45) is 5.92 Å². The van der Waals surface area contributed by atoms with E-state index >= 15 is 8.78 Å². The highest BCUT2D eigenvalue weighted by molar-refractivity contribution is 7.19. The lowest BCUT2D eigenvalue weighted by Crippen LogP contribution is -2.52. The van der Waals surface area contributed by atoms with Crippen molar-refractivity contribution in [3.8, 4) is 0 Å². The fourth-order valence-corrected chi connectivity index (χ4v) is 5.63. The lowest BCUT2D eigenvalue weighted by molar-refractivity contribution is -0.145. The van der Waals surface area contributed by atoms with Crippen molar-refractivity contribution in [1.29, 1.82) is 0 Å². The van der Waals surface area contributed by atoms with Crippen LogP contribution in [-0.2, 0) is 17.4 Å². The molecule has 8 nitrogen and oxygen atoms in total. The summed E-state index contributed by atoms with van der Waals surface area (Å²) in [5.74, 6) is -3.18. The maximum Gasteiger partial charge on any atom is 0.422 e. The molecule has 0 aromatic carbocycles. The van der Waals surface area contributed by atoms with E-state index in [1.54, 1.807) is 12.0 Å². The number of fused-ring (bicyclic) bond motifs is 1. The first-order chi connectivity index (χ1) is 17.5. The number of carbonyl (C=O) groups is 1. The number of amides is 1. The summed E-state index contributed by atoms with van der Waals surface area (Å²) >= 11 is 0. The SMILES string of the molecule is O=C(C1CN(C2CCc3c2n[nH]c(=O)c3C(F)(F)F)CC1(F)F)N1CCN(c2ccc(C=P)cn2)CC1. The number of aromatic amines is 1. The van der Waals surface area contributed by atoms with E-state index in [0.717, 1.165) is 11.4 Å². The van der Waals surface area contributed by atoms with Crippen LogP contribution in [0.4, 0.5) is 27.8 Å². The van der Waals surface area contributed by atoms with Gasteiger partial charge in [0.15, 0.2) is 0 Å². The Morgan fingerprint density at radius 2 is 1.92 bits per heavy atom. The lowest BCUT2D eigenvalue weighted by Gasteiger charge is -2.37. The molecule has 3 aliphatic rings. The molecule has 0 spiro atoms. The number of hydrogen-bond donors (Lipinski definition) is 1. The van der Waals surface area contributed by atoms with E-state index in [1.165, 1.54) is 9.80 Å². The number of anilines is 1. The zero-order valence-corrected chi connectivity index (χ0v) is 20.6. The first-order valence-corrected chi connectivity index (χ1v) is 12.4. The third-order valence-corrected chi connectivity index (χ3v) is 7.65. The molecule has 2 atom stereocenters. The van der Waals surface area contributed by atoms with Gasteiger partial charge in [-0.3, -0.25) is 14.5 Å². The third-order valence-electron chi connectivity index (χ3n) is 7.32. The van der Waals surface area contributed by atoms with Gasteiger partial charge in [-0.15, -0.1) is 8.86 Å². The molecular weight excluding hydrogens is 518 g/mol. The van der Waals surface area contributed by atoms with Gasteiger partial charge >= 0.3 is 6.18 Å². The number of H-pyrrole nitrogens is 1. The Morgan fingerprint density at radius 1 is 1.19 bits per heavy atom. The average molecular weight is 542 g/mol. The summed E-state index contributed by atoms with van der Waals surface area (Å²) in [7, 11) is 3.29. The van der Waals surface area contributed by atoms with E-state index < -0.39 is 47.6 Å². The zero-order chi connectivity index (χ0) is 26.5. The zero-order valence-electron chi connectivity index (χ0n) is 19.6. The summed E-state index contributed by atoms with van der Waals surface area (Å²) in [6, 6.07) is 2.89. The molecule has 0 bridgehead atoms. The van der Waals surface area contributed by atoms with Crippen LogP contribution >= 0.6 is 8.86 Å². The number of piperazine rings is 1. The van der Waals surface area contributed by atoms with Crippen molar-refractivity contribution < 1.29 is 26.7 Å². The molecule has 1 aliphatic carbocycles. The largest absolute Gasteiger partial charge is 0.422 e. The summed E-state index contributed by atoms with van der Waals surface area (Å²) in [5, 5.41) is 5.64. The van der Waals surface area contributed by atoms with Gasteiger partial charge in [0.05, 0.1) is 18.3 Å². The molecular formula is C23H24F5N6O2P. The van der Waals surface area contributed by atoms with Gasteiger partial charge in [0.2, 0.25) is 5.91 Å². The van der Waals surface area contributed by atoms with Crippen LogP contribution < -0.4 is 10.5 Å². The lowest BCUT2D eigenvalue weighted by atomic mass is 10.0. The fraction of sp³-hybridized carbons (Fsp3) is 0.522. The Kier molecular flexibility index (Phi) is 6.56. The van der Waals surface area contributed by atoms with Crippen molar-refractivity contribution in [2.45, 2.75) is 31.0 Å².